The van der Waals surface area contributed by atoms with E-state index in [-0.39, 0.29) is 6.61 Å². The summed E-state index contributed by atoms with van der Waals surface area (Å²) in [5.74, 6) is -2.76. The highest BCUT2D eigenvalue weighted by molar-refractivity contribution is 5.73. The van der Waals surface area contributed by atoms with Gasteiger partial charge in [-0.1, -0.05) is 0 Å². The molecule has 68 valence electrons. The summed E-state index contributed by atoms with van der Waals surface area (Å²) in [6, 6.07) is 0. The number of nitrogens with two attached hydrogens (primary N) is 1. The van der Waals surface area contributed by atoms with E-state index in [1.165, 1.54) is 0 Å². The highest BCUT2D eigenvalue weighted by atomic mass is 19.4. The van der Waals surface area contributed by atoms with Gasteiger partial charge in [-0.25, -0.2) is 4.79 Å². The first-order valence-electron chi connectivity index (χ1n) is 2.47. The van der Waals surface area contributed by atoms with Crippen molar-refractivity contribution >= 4 is 5.97 Å². The zero-order chi connectivity index (χ0) is 9.49. The Hall–Kier alpha value is -0.820. The number of alkyl halides is 3. The number of hydrogen-bond acceptors (Lipinski definition) is 3. The van der Waals surface area contributed by atoms with Crippen LogP contribution in [0.3, 0.4) is 0 Å². The minimum atomic E-state index is -5.08. The second-order valence-corrected chi connectivity index (χ2v) is 1.32. The normalized spacial score (nSPS) is 9.91. The molecule has 0 spiro atoms. The molecule has 0 aliphatic carbocycles. The fourth-order valence-corrected chi connectivity index (χ4v) is 0. The standard InChI is InChI=1S/C2HF3O2.C2H7NO/c3-2(4,5)1(6)7;3-1-2-4/h(H,6,7);4H,1-3H2. The Bertz CT molecular complexity index is 112. The second kappa shape index (κ2) is 5.93. The van der Waals surface area contributed by atoms with Crippen molar-refractivity contribution in [3.8, 4) is 0 Å². The van der Waals surface area contributed by atoms with E-state index in [4.69, 9.17) is 20.7 Å². The predicted molar refractivity (Wildman–Crippen MR) is 29.8 cm³/mol. The zero-order valence-corrected chi connectivity index (χ0v) is 5.43. The van der Waals surface area contributed by atoms with Crippen molar-refractivity contribution in [3.63, 3.8) is 0 Å². The van der Waals surface area contributed by atoms with E-state index in [1.54, 1.807) is 0 Å². The molecule has 4 N–H and O–H groups in total. The average molecular weight is 175 g/mol. The van der Waals surface area contributed by atoms with E-state index < -0.39 is 12.1 Å². The number of aliphatic carboxylic acids is 1. The third-order valence-corrected chi connectivity index (χ3v) is 0.372. The van der Waals surface area contributed by atoms with Gasteiger partial charge < -0.3 is 15.9 Å². The summed E-state index contributed by atoms with van der Waals surface area (Å²) in [6.07, 6.45) is -5.08. The monoisotopic (exact) mass is 175 g/mol. The van der Waals surface area contributed by atoms with Crippen LogP contribution in [0.4, 0.5) is 13.2 Å². The highest BCUT2D eigenvalue weighted by Gasteiger charge is 2.38. The number of halogens is 3. The van der Waals surface area contributed by atoms with Gasteiger partial charge in [-0.3, -0.25) is 0 Å². The molecule has 0 fully saturated rings. The second-order valence-electron chi connectivity index (χ2n) is 1.32. The molecule has 0 aliphatic heterocycles. The van der Waals surface area contributed by atoms with Crippen molar-refractivity contribution in [2.75, 3.05) is 13.2 Å². The number of carbonyl (C=O) groups is 1. The first-order chi connectivity index (χ1) is 4.86. The SMILES string of the molecule is NCCO.O=C(O)C(F)(F)F. The van der Waals surface area contributed by atoms with Crippen LogP contribution in [0, 0.1) is 0 Å². The lowest BCUT2D eigenvalue weighted by Crippen LogP contribution is -2.21. The molecule has 0 unspecified atom stereocenters. The summed E-state index contributed by atoms with van der Waals surface area (Å²) in [7, 11) is 0. The minimum Gasteiger partial charge on any atom is -0.475 e. The van der Waals surface area contributed by atoms with Crippen molar-refractivity contribution in [1.82, 2.24) is 0 Å². The van der Waals surface area contributed by atoms with Gasteiger partial charge >= 0.3 is 12.1 Å². The fraction of sp³-hybridized carbons (Fsp3) is 0.750. The summed E-state index contributed by atoms with van der Waals surface area (Å²) in [6.45, 7) is 0.472. The van der Waals surface area contributed by atoms with E-state index in [9.17, 15) is 13.2 Å². The molecular formula is C4H8F3NO3. The van der Waals surface area contributed by atoms with Crippen molar-refractivity contribution in [2.24, 2.45) is 5.73 Å². The lowest BCUT2D eigenvalue weighted by Gasteiger charge is -1.93. The molecule has 0 amide bonds. The van der Waals surface area contributed by atoms with E-state index in [2.05, 4.69) is 0 Å². The summed E-state index contributed by atoms with van der Waals surface area (Å²) in [5, 5.41) is 14.9. The van der Waals surface area contributed by atoms with Crippen LogP contribution in [0.2, 0.25) is 0 Å². The van der Waals surface area contributed by atoms with E-state index in [1.807, 2.05) is 0 Å². The minimum absolute atomic E-state index is 0.0972. The van der Waals surface area contributed by atoms with Crippen molar-refractivity contribution in [2.45, 2.75) is 6.18 Å². The number of carboxylic acid groups (broad SMARTS) is 1. The Balaban J connectivity index is 0. The first-order valence-corrected chi connectivity index (χ1v) is 2.47. The lowest BCUT2D eigenvalue weighted by molar-refractivity contribution is -0.192. The molecular weight excluding hydrogens is 167 g/mol. The topological polar surface area (TPSA) is 83.5 Å². The van der Waals surface area contributed by atoms with Crippen LogP contribution in [-0.4, -0.2) is 35.5 Å². The molecule has 4 nitrogen and oxygen atoms in total. The number of hydrogen-bond donors (Lipinski definition) is 3. The van der Waals surface area contributed by atoms with E-state index in [0.29, 0.717) is 6.54 Å². The molecule has 0 aliphatic rings. The summed E-state index contributed by atoms with van der Waals surface area (Å²) < 4.78 is 31.7. The molecule has 7 heteroatoms. The van der Waals surface area contributed by atoms with Crippen LogP contribution in [0.25, 0.3) is 0 Å². The molecule has 0 bridgehead atoms. The average Bonchev–Trinajstić information content (AvgIpc) is 1.87. The van der Waals surface area contributed by atoms with E-state index in [0.717, 1.165) is 0 Å². The Morgan fingerprint density at radius 2 is 1.64 bits per heavy atom. The number of aliphatic hydroxyl groups excluding tert-OH is 1. The molecule has 0 heterocycles. The Kier molecular flexibility index (Phi) is 6.91. The largest absolute Gasteiger partial charge is 0.490 e. The number of carboxylic acids is 1. The van der Waals surface area contributed by atoms with Gasteiger partial charge in [0.2, 0.25) is 0 Å². The highest BCUT2D eigenvalue weighted by Crippen LogP contribution is 2.13. The van der Waals surface area contributed by atoms with Crippen LogP contribution in [0.15, 0.2) is 0 Å². The smallest absolute Gasteiger partial charge is 0.475 e. The van der Waals surface area contributed by atoms with Gasteiger partial charge in [0, 0.05) is 6.54 Å². The van der Waals surface area contributed by atoms with Gasteiger partial charge in [0.1, 0.15) is 0 Å². The summed E-state index contributed by atoms with van der Waals surface area (Å²) in [4.78, 5) is 8.90. The maximum atomic E-state index is 10.6. The van der Waals surface area contributed by atoms with Gasteiger partial charge in [-0.05, 0) is 0 Å². The van der Waals surface area contributed by atoms with Gasteiger partial charge in [-0.15, -0.1) is 0 Å². The van der Waals surface area contributed by atoms with Gasteiger partial charge in [0.25, 0.3) is 0 Å². The molecule has 0 aromatic rings. The molecule has 0 saturated heterocycles. The maximum Gasteiger partial charge on any atom is 0.490 e. The third-order valence-electron chi connectivity index (χ3n) is 0.372. The molecule has 0 radical (unpaired) electrons. The van der Waals surface area contributed by atoms with E-state index >= 15 is 0 Å². The van der Waals surface area contributed by atoms with Crippen LogP contribution >= 0.6 is 0 Å². The van der Waals surface area contributed by atoms with Crippen LogP contribution < -0.4 is 5.73 Å². The van der Waals surface area contributed by atoms with Crippen LogP contribution in [0.5, 0.6) is 0 Å². The van der Waals surface area contributed by atoms with Crippen LogP contribution in [0.1, 0.15) is 0 Å². The maximum absolute atomic E-state index is 10.6. The summed E-state index contributed by atoms with van der Waals surface area (Å²) in [5.41, 5.74) is 4.78. The molecule has 11 heavy (non-hydrogen) atoms. The lowest BCUT2D eigenvalue weighted by atomic mass is 10.7. The molecule has 0 aromatic heterocycles. The predicted octanol–water partition coefficient (Wildman–Crippen LogP) is -0.429. The van der Waals surface area contributed by atoms with Gasteiger partial charge in [0.15, 0.2) is 0 Å². The Labute approximate surface area is 60.4 Å². The number of aliphatic hydroxyl groups is 1. The van der Waals surface area contributed by atoms with Crippen molar-refractivity contribution in [1.29, 1.82) is 0 Å². The molecule has 0 atom stereocenters. The number of rotatable bonds is 1. The fourth-order valence-electron chi connectivity index (χ4n) is 0. The first kappa shape index (κ1) is 12.8. The quantitative estimate of drug-likeness (QED) is 0.505. The van der Waals surface area contributed by atoms with Crippen LogP contribution in [-0.2, 0) is 4.79 Å². The van der Waals surface area contributed by atoms with Gasteiger partial charge in [-0.2, -0.15) is 13.2 Å². The third kappa shape index (κ3) is 12.4. The van der Waals surface area contributed by atoms with Crippen molar-refractivity contribution in [3.05, 3.63) is 0 Å². The molecule has 0 aromatic carbocycles. The summed E-state index contributed by atoms with van der Waals surface area (Å²) >= 11 is 0. The van der Waals surface area contributed by atoms with Crippen molar-refractivity contribution < 1.29 is 28.2 Å². The zero-order valence-electron chi connectivity index (χ0n) is 5.43. The van der Waals surface area contributed by atoms with Gasteiger partial charge in [0.05, 0.1) is 6.61 Å². The Morgan fingerprint density at radius 1 is 1.45 bits per heavy atom. The Morgan fingerprint density at radius 3 is 1.64 bits per heavy atom. The molecule has 0 rings (SSSR count). The molecule has 0 saturated carbocycles.